The summed E-state index contributed by atoms with van der Waals surface area (Å²) in [7, 11) is 1.47. The number of amides is 3. The minimum Gasteiger partial charge on any atom is -0.382 e. The smallest absolute Gasteiger partial charge is 0.321 e. The van der Waals surface area contributed by atoms with E-state index in [4.69, 9.17) is 4.74 Å². The molecule has 0 aliphatic carbocycles. The van der Waals surface area contributed by atoms with Crippen LogP contribution in [-0.2, 0) is 9.53 Å². The van der Waals surface area contributed by atoms with Gasteiger partial charge >= 0.3 is 6.03 Å². The van der Waals surface area contributed by atoms with E-state index in [0.717, 1.165) is 12.0 Å². The van der Waals surface area contributed by atoms with Gasteiger partial charge in [0.25, 0.3) is 0 Å². The SMILES string of the molecule is CCOCCCN[C@@H](C(=O)NC(=O)NC)c1ccccc1. The molecule has 0 fully saturated rings. The Bertz CT molecular complexity index is 437. The molecule has 0 heterocycles. The first-order valence-electron chi connectivity index (χ1n) is 7.07. The maximum Gasteiger partial charge on any atom is 0.321 e. The monoisotopic (exact) mass is 293 g/mol. The van der Waals surface area contributed by atoms with Gasteiger partial charge in [-0.2, -0.15) is 0 Å². The molecule has 116 valence electrons. The molecule has 3 N–H and O–H groups in total. The molecular weight excluding hydrogens is 270 g/mol. The highest BCUT2D eigenvalue weighted by Crippen LogP contribution is 2.12. The molecule has 1 rings (SSSR count). The van der Waals surface area contributed by atoms with Crippen LogP contribution in [0.3, 0.4) is 0 Å². The summed E-state index contributed by atoms with van der Waals surface area (Å²) in [4.78, 5) is 23.4. The average molecular weight is 293 g/mol. The van der Waals surface area contributed by atoms with Gasteiger partial charge in [-0.15, -0.1) is 0 Å². The third-order valence-corrected chi connectivity index (χ3v) is 2.88. The van der Waals surface area contributed by atoms with Crippen LogP contribution in [-0.4, -0.2) is 38.7 Å². The first-order valence-corrected chi connectivity index (χ1v) is 7.07. The van der Waals surface area contributed by atoms with Crippen LogP contribution in [0.2, 0.25) is 0 Å². The highest BCUT2D eigenvalue weighted by atomic mass is 16.5. The van der Waals surface area contributed by atoms with Gasteiger partial charge in [0.2, 0.25) is 5.91 Å². The van der Waals surface area contributed by atoms with Crippen molar-refractivity contribution in [2.75, 3.05) is 26.8 Å². The number of carbonyl (C=O) groups excluding carboxylic acids is 2. The highest BCUT2D eigenvalue weighted by molar-refractivity contribution is 5.97. The fourth-order valence-electron chi connectivity index (χ4n) is 1.82. The van der Waals surface area contributed by atoms with Gasteiger partial charge in [-0.25, -0.2) is 4.79 Å². The summed E-state index contributed by atoms with van der Waals surface area (Å²) >= 11 is 0. The molecule has 1 aromatic rings. The fraction of sp³-hybridized carbons (Fsp3) is 0.467. The van der Waals surface area contributed by atoms with Crippen molar-refractivity contribution in [3.05, 3.63) is 35.9 Å². The van der Waals surface area contributed by atoms with Crippen LogP contribution in [0.15, 0.2) is 30.3 Å². The van der Waals surface area contributed by atoms with Crippen LogP contribution in [0.1, 0.15) is 24.9 Å². The van der Waals surface area contributed by atoms with Gasteiger partial charge in [-0.3, -0.25) is 10.1 Å². The van der Waals surface area contributed by atoms with E-state index >= 15 is 0 Å². The molecule has 0 bridgehead atoms. The second kappa shape index (κ2) is 9.90. The summed E-state index contributed by atoms with van der Waals surface area (Å²) in [6, 6.07) is 8.22. The van der Waals surface area contributed by atoms with Gasteiger partial charge in [-0.05, 0) is 25.5 Å². The molecule has 0 spiro atoms. The first-order chi connectivity index (χ1) is 10.2. The van der Waals surface area contributed by atoms with Crippen LogP contribution in [0, 0.1) is 0 Å². The average Bonchev–Trinajstić information content (AvgIpc) is 2.51. The zero-order valence-electron chi connectivity index (χ0n) is 12.5. The lowest BCUT2D eigenvalue weighted by Gasteiger charge is -2.18. The predicted molar refractivity (Wildman–Crippen MR) is 80.9 cm³/mol. The van der Waals surface area contributed by atoms with Crippen LogP contribution in [0.4, 0.5) is 4.79 Å². The summed E-state index contributed by atoms with van der Waals surface area (Å²) in [6.07, 6.45) is 0.796. The van der Waals surface area contributed by atoms with Crippen molar-refractivity contribution in [2.45, 2.75) is 19.4 Å². The van der Waals surface area contributed by atoms with E-state index in [2.05, 4.69) is 16.0 Å². The minimum absolute atomic E-state index is 0.378. The molecule has 6 nitrogen and oxygen atoms in total. The number of hydrogen-bond donors (Lipinski definition) is 3. The molecule has 0 unspecified atom stereocenters. The van der Waals surface area contributed by atoms with Gasteiger partial charge < -0.3 is 15.4 Å². The maximum absolute atomic E-state index is 12.2. The number of imide groups is 1. The fourth-order valence-corrected chi connectivity index (χ4v) is 1.82. The van der Waals surface area contributed by atoms with E-state index < -0.39 is 12.1 Å². The van der Waals surface area contributed by atoms with E-state index in [1.165, 1.54) is 7.05 Å². The van der Waals surface area contributed by atoms with Gasteiger partial charge in [-0.1, -0.05) is 30.3 Å². The second-order valence-corrected chi connectivity index (χ2v) is 4.42. The van der Waals surface area contributed by atoms with Crippen LogP contribution in [0.25, 0.3) is 0 Å². The molecule has 0 aliphatic rings. The maximum atomic E-state index is 12.2. The Morgan fingerprint density at radius 1 is 1.24 bits per heavy atom. The van der Waals surface area contributed by atoms with Crippen LogP contribution < -0.4 is 16.0 Å². The third-order valence-electron chi connectivity index (χ3n) is 2.88. The van der Waals surface area contributed by atoms with E-state index in [1.54, 1.807) is 0 Å². The summed E-state index contributed by atoms with van der Waals surface area (Å²) in [5.74, 6) is -0.378. The molecule has 0 aliphatic heterocycles. The molecule has 0 aromatic heterocycles. The Morgan fingerprint density at radius 3 is 2.57 bits per heavy atom. The van der Waals surface area contributed by atoms with E-state index in [9.17, 15) is 9.59 Å². The summed E-state index contributed by atoms with van der Waals surface area (Å²) in [5.41, 5.74) is 0.815. The van der Waals surface area contributed by atoms with Gasteiger partial charge in [0.15, 0.2) is 0 Å². The van der Waals surface area contributed by atoms with Gasteiger partial charge in [0.1, 0.15) is 6.04 Å². The number of rotatable bonds is 8. The Morgan fingerprint density at radius 2 is 1.95 bits per heavy atom. The number of nitrogens with one attached hydrogen (secondary N) is 3. The number of carbonyl (C=O) groups is 2. The largest absolute Gasteiger partial charge is 0.382 e. The normalized spacial score (nSPS) is 11.7. The van der Waals surface area contributed by atoms with Crippen molar-refractivity contribution in [2.24, 2.45) is 0 Å². The number of ether oxygens (including phenoxy) is 1. The number of hydrogen-bond acceptors (Lipinski definition) is 4. The summed E-state index contributed by atoms with van der Waals surface area (Å²) < 4.78 is 5.26. The first kappa shape index (κ1) is 17.1. The zero-order chi connectivity index (χ0) is 15.5. The molecule has 0 radical (unpaired) electrons. The lowest BCUT2D eigenvalue weighted by Crippen LogP contribution is -2.44. The van der Waals surface area contributed by atoms with E-state index in [0.29, 0.717) is 19.8 Å². The van der Waals surface area contributed by atoms with Gasteiger partial charge in [0, 0.05) is 20.3 Å². The third kappa shape index (κ3) is 6.37. The molecular formula is C15H23N3O3. The minimum atomic E-state index is -0.565. The van der Waals surface area contributed by atoms with Crippen molar-refractivity contribution < 1.29 is 14.3 Å². The Labute approximate surface area is 125 Å². The van der Waals surface area contributed by atoms with Crippen molar-refractivity contribution in [3.8, 4) is 0 Å². The number of benzene rings is 1. The number of urea groups is 1. The summed E-state index contributed by atoms with van der Waals surface area (Å²) in [5, 5.41) is 7.82. The van der Waals surface area contributed by atoms with Crippen molar-refractivity contribution in [1.29, 1.82) is 0 Å². The summed E-state index contributed by atoms with van der Waals surface area (Å²) in [6.45, 7) is 3.89. The van der Waals surface area contributed by atoms with Crippen molar-refractivity contribution in [1.82, 2.24) is 16.0 Å². The predicted octanol–water partition coefficient (Wildman–Crippen LogP) is 1.20. The van der Waals surface area contributed by atoms with Gasteiger partial charge in [0.05, 0.1) is 0 Å². The van der Waals surface area contributed by atoms with Crippen LogP contribution >= 0.6 is 0 Å². The van der Waals surface area contributed by atoms with E-state index in [1.807, 2.05) is 37.3 Å². The zero-order valence-corrected chi connectivity index (χ0v) is 12.5. The lowest BCUT2D eigenvalue weighted by atomic mass is 10.1. The highest BCUT2D eigenvalue weighted by Gasteiger charge is 2.21. The topological polar surface area (TPSA) is 79.5 Å². The van der Waals surface area contributed by atoms with Crippen molar-refractivity contribution in [3.63, 3.8) is 0 Å². The second-order valence-electron chi connectivity index (χ2n) is 4.42. The molecule has 1 atom stereocenters. The van der Waals surface area contributed by atoms with E-state index in [-0.39, 0.29) is 5.91 Å². The molecule has 0 saturated heterocycles. The molecule has 6 heteroatoms. The molecule has 1 aromatic carbocycles. The Hall–Kier alpha value is -1.92. The standard InChI is InChI=1S/C15H23N3O3/c1-3-21-11-7-10-17-13(12-8-5-4-6-9-12)14(19)18-15(20)16-2/h4-6,8-9,13,17H,3,7,10-11H2,1-2H3,(H2,16,18,19,20)/t13-/m1/s1. The quantitative estimate of drug-likeness (QED) is 0.629. The van der Waals surface area contributed by atoms with Crippen LogP contribution in [0.5, 0.6) is 0 Å². The molecule has 0 saturated carbocycles. The molecule has 3 amide bonds. The Balaban J connectivity index is 2.62. The molecule has 21 heavy (non-hydrogen) atoms. The Kier molecular flexibility index (Phi) is 8.08. The van der Waals surface area contributed by atoms with Crippen molar-refractivity contribution >= 4 is 11.9 Å². The lowest BCUT2D eigenvalue weighted by molar-refractivity contribution is -0.122.